The Hall–Kier alpha value is -1.36. The van der Waals surface area contributed by atoms with Gasteiger partial charge in [0.25, 0.3) is 0 Å². The van der Waals surface area contributed by atoms with Gasteiger partial charge in [0.2, 0.25) is 0 Å². The topological polar surface area (TPSA) is 72.8 Å². The minimum Gasteiger partial charge on any atom is -0.478 e. The molecule has 19 heavy (non-hydrogen) atoms. The highest BCUT2D eigenvalue weighted by Gasteiger charge is 2.45. The Morgan fingerprint density at radius 1 is 1.53 bits per heavy atom. The molecule has 1 saturated carbocycles. The summed E-state index contributed by atoms with van der Waals surface area (Å²) in [6.45, 7) is 4.56. The largest absolute Gasteiger partial charge is 0.478 e. The molecule has 0 bridgehead atoms. The number of hydrogen-bond acceptors (Lipinski definition) is 4. The van der Waals surface area contributed by atoms with Crippen LogP contribution in [-0.2, 0) is 19.1 Å². The number of carboxylic acids is 1. The second kappa shape index (κ2) is 5.74. The predicted octanol–water partition coefficient (Wildman–Crippen LogP) is 1.62. The van der Waals surface area contributed by atoms with Gasteiger partial charge >= 0.3 is 11.9 Å². The first kappa shape index (κ1) is 14.1. The first-order valence-corrected chi connectivity index (χ1v) is 6.72. The van der Waals surface area contributed by atoms with Crippen LogP contribution in [0.2, 0.25) is 0 Å². The van der Waals surface area contributed by atoms with Crippen molar-refractivity contribution in [1.82, 2.24) is 0 Å². The molecule has 0 radical (unpaired) electrons. The van der Waals surface area contributed by atoms with Crippen molar-refractivity contribution in [2.45, 2.75) is 32.8 Å². The van der Waals surface area contributed by atoms with E-state index in [1.807, 2.05) is 6.92 Å². The molecular formula is C14H20O5. The van der Waals surface area contributed by atoms with Gasteiger partial charge in [-0.1, -0.05) is 6.08 Å². The molecule has 1 aliphatic heterocycles. The highest BCUT2D eigenvalue weighted by Crippen LogP contribution is 2.41. The van der Waals surface area contributed by atoms with Gasteiger partial charge in [-0.2, -0.15) is 0 Å². The van der Waals surface area contributed by atoms with Crippen LogP contribution in [0.15, 0.2) is 11.6 Å². The highest BCUT2D eigenvalue weighted by atomic mass is 16.5. The van der Waals surface area contributed by atoms with Crippen molar-refractivity contribution in [3.63, 3.8) is 0 Å². The summed E-state index contributed by atoms with van der Waals surface area (Å²) < 4.78 is 10.8. The number of fused-ring (bicyclic) bond motifs is 1. The van der Waals surface area contributed by atoms with Crippen LogP contribution < -0.4 is 0 Å². The molecule has 1 saturated heterocycles. The molecule has 1 aliphatic carbocycles. The summed E-state index contributed by atoms with van der Waals surface area (Å²) >= 11 is 0. The molecule has 0 aromatic carbocycles. The van der Waals surface area contributed by atoms with Gasteiger partial charge in [-0.05, 0) is 26.7 Å². The number of hydrogen-bond donors (Lipinski definition) is 1. The number of aliphatic carboxylic acids is 1. The van der Waals surface area contributed by atoms with Crippen LogP contribution in [-0.4, -0.2) is 36.4 Å². The Morgan fingerprint density at radius 2 is 2.26 bits per heavy atom. The number of carbonyl (C=O) groups is 2. The molecule has 0 aromatic heterocycles. The lowest BCUT2D eigenvalue weighted by Gasteiger charge is -2.34. The van der Waals surface area contributed by atoms with Crippen molar-refractivity contribution >= 4 is 11.9 Å². The summed E-state index contributed by atoms with van der Waals surface area (Å²) in [4.78, 5) is 22.6. The van der Waals surface area contributed by atoms with Crippen LogP contribution in [0, 0.1) is 17.8 Å². The van der Waals surface area contributed by atoms with E-state index >= 15 is 0 Å². The first-order chi connectivity index (χ1) is 9.02. The zero-order valence-corrected chi connectivity index (χ0v) is 11.3. The van der Waals surface area contributed by atoms with E-state index in [4.69, 9.17) is 14.6 Å². The van der Waals surface area contributed by atoms with Crippen LogP contribution in [0.3, 0.4) is 0 Å². The summed E-state index contributed by atoms with van der Waals surface area (Å²) in [6, 6.07) is 0. The van der Waals surface area contributed by atoms with Gasteiger partial charge in [0.05, 0.1) is 18.6 Å². The lowest BCUT2D eigenvalue weighted by Crippen LogP contribution is -2.37. The molecule has 4 unspecified atom stereocenters. The van der Waals surface area contributed by atoms with Crippen molar-refractivity contribution in [3.8, 4) is 0 Å². The molecule has 0 amide bonds. The Balaban J connectivity index is 2.15. The maximum atomic E-state index is 11.6. The molecule has 0 aromatic rings. The van der Waals surface area contributed by atoms with Gasteiger partial charge in [0.1, 0.15) is 0 Å². The zero-order valence-electron chi connectivity index (χ0n) is 11.3. The van der Waals surface area contributed by atoms with E-state index in [0.717, 1.165) is 6.42 Å². The second-order valence-electron chi connectivity index (χ2n) is 5.28. The van der Waals surface area contributed by atoms with E-state index in [-0.39, 0.29) is 29.8 Å². The number of rotatable bonds is 4. The first-order valence-electron chi connectivity index (χ1n) is 6.72. The number of carbonyl (C=O) groups excluding carboxylic acids is 1. The summed E-state index contributed by atoms with van der Waals surface area (Å²) in [6.07, 6.45) is 3.09. The number of ether oxygens (including phenoxy) is 2. The molecule has 1 heterocycles. The Morgan fingerprint density at radius 3 is 2.89 bits per heavy atom. The quantitative estimate of drug-likeness (QED) is 0.619. The van der Waals surface area contributed by atoms with E-state index in [0.29, 0.717) is 25.2 Å². The molecule has 1 N–H and O–H groups in total. The molecule has 0 spiro atoms. The number of carboxylic acid groups (broad SMARTS) is 1. The minimum absolute atomic E-state index is 0.0185. The second-order valence-corrected chi connectivity index (χ2v) is 5.28. The lowest BCUT2D eigenvalue weighted by molar-refractivity contribution is -0.142. The van der Waals surface area contributed by atoms with Gasteiger partial charge in [-0.15, -0.1) is 0 Å². The van der Waals surface area contributed by atoms with E-state index in [9.17, 15) is 9.59 Å². The van der Waals surface area contributed by atoms with Crippen LogP contribution in [0.4, 0.5) is 0 Å². The summed E-state index contributed by atoms with van der Waals surface area (Å²) in [5.41, 5.74) is 0.305. The summed E-state index contributed by atoms with van der Waals surface area (Å²) in [5.74, 6) is -0.973. The molecule has 5 nitrogen and oxygen atoms in total. The lowest BCUT2D eigenvalue weighted by atomic mass is 9.73. The zero-order chi connectivity index (χ0) is 14.0. The van der Waals surface area contributed by atoms with E-state index in [1.165, 1.54) is 0 Å². The molecule has 2 rings (SSSR count). The van der Waals surface area contributed by atoms with Crippen LogP contribution >= 0.6 is 0 Å². The maximum absolute atomic E-state index is 11.6. The van der Waals surface area contributed by atoms with Gasteiger partial charge < -0.3 is 14.6 Å². The molecule has 5 heteroatoms. The molecule has 106 valence electrons. The SMILES string of the molecule is CCOC1CC2COC(=O)C2CC1C=C(C)C(=O)O. The third-order valence-corrected chi connectivity index (χ3v) is 4.03. The standard InChI is InChI=1S/C14H20O5/c1-3-18-12-6-10-7-19-14(17)11(10)5-9(12)4-8(2)13(15)16/h4,9-12H,3,5-7H2,1-2H3,(H,15,16). The van der Waals surface area contributed by atoms with Crippen LogP contribution in [0.5, 0.6) is 0 Å². The fourth-order valence-electron chi connectivity index (χ4n) is 3.02. The van der Waals surface area contributed by atoms with Crippen LogP contribution in [0.1, 0.15) is 26.7 Å². The maximum Gasteiger partial charge on any atom is 0.330 e. The normalized spacial score (nSPS) is 34.8. The molecule has 4 atom stereocenters. The number of cyclic esters (lactones) is 1. The van der Waals surface area contributed by atoms with Gasteiger partial charge in [-0.25, -0.2) is 4.79 Å². The molecular weight excluding hydrogens is 248 g/mol. The highest BCUT2D eigenvalue weighted by molar-refractivity contribution is 5.85. The fraction of sp³-hybridized carbons (Fsp3) is 0.714. The predicted molar refractivity (Wildman–Crippen MR) is 67.5 cm³/mol. The van der Waals surface area contributed by atoms with Crippen molar-refractivity contribution in [3.05, 3.63) is 11.6 Å². The minimum atomic E-state index is -0.925. The smallest absolute Gasteiger partial charge is 0.330 e. The number of esters is 1. The third-order valence-electron chi connectivity index (χ3n) is 4.03. The Bertz CT molecular complexity index is 401. The van der Waals surface area contributed by atoms with Gasteiger partial charge in [-0.3, -0.25) is 4.79 Å². The van der Waals surface area contributed by atoms with Crippen LogP contribution in [0.25, 0.3) is 0 Å². The molecule has 2 fully saturated rings. The van der Waals surface area contributed by atoms with Crippen molar-refractivity contribution in [2.24, 2.45) is 17.8 Å². The van der Waals surface area contributed by atoms with E-state index in [2.05, 4.69) is 0 Å². The molecule has 2 aliphatic rings. The van der Waals surface area contributed by atoms with E-state index in [1.54, 1.807) is 13.0 Å². The monoisotopic (exact) mass is 268 g/mol. The summed E-state index contributed by atoms with van der Waals surface area (Å²) in [7, 11) is 0. The van der Waals surface area contributed by atoms with E-state index < -0.39 is 5.97 Å². The van der Waals surface area contributed by atoms with Crippen molar-refractivity contribution in [2.75, 3.05) is 13.2 Å². The van der Waals surface area contributed by atoms with Gasteiger partial charge in [0.15, 0.2) is 0 Å². The Labute approximate surface area is 112 Å². The summed E-state index contributed by atoms with van der Waals surface area (Å²) in [5, 5.41) is 8.97. The van der Waals surface area contributed by atoms with Crippen molar-refractivity contribution < 1.29 is 24.2 Å². The Kier molecular flexibility index (Phi) is 4.24. The van der Waals surface area contributed by atoms with Crippen molar-refractivity contribution in [1.29, 1.82) is 0 Å². The average molecular weight is 268 g/mol. The third kappa shape index (κ3) is 2.97. The van der Waals surface area contributed by atoms with Gasteiger partial charge in [0, 0.05) is 24.0 Å². The fourth-order valence-corrected chi connectivity index (χ4v) is 3.02. The average Bonchev–Trinajstić information content (AvgIpc) is 2.71.